The number of anilines is 1. The minimum absolute atomic E-state index is 0.367. The molecule has 0 aromatic carbocycles. The number of nitrogens with one attached hydrogen (secondary N) is 2. The molecule has 1 aromatic rings. The Hall–Kier alpha value is -1.56. The van der Waals surface area contributed by atoms with Crippen molar-refractivity contribution in [3.8, 4) is 0 Å². The van der Waals surface area contributed by atoms with Gasteiger partial charge in [0.25, 0.3) is 0 Å². The van der Waals surface area contributed by atoms with Crippen molar-refractivity contribution in [1.82, 2.24) is 10.6 Å². The Morgan fingerprint density at radius 2 is 2.54 bits per heavy atom. The maximum Gasteiger partial charge on any atom is 0.344 e. The Balaban J connectivity index is 2.49. The molecule has 0 spiro atoms. The molecule has 0 saturated heterocycles. The molecule has 0 saturated carbocycles. The van der Waals surface area contributed by atoms with Gasteiger partial charge < -0.3 is 4.52 Å². The van der Waals surface area contributed by atoms with Crippen LogP contribution >= 0.6 is 0 Å². The number of aromatic nitrogens is 1. The highest BCUT2D eigenvalue weighted by Crippen LogP contribution is 2.08. The summed E-state index contributed by atoms with van der Waals surface area (Å²) in [4.78, 5) is 15.3. The van der Waals surface area contributed by atoms with Gasteiger partial charge in [-0.25, -0.2) is 10.3 Å². The largest absolute Gasteiger partial charge is 0.359 e. The van der Waals surface area contributed by atoms with Crippen LogP contribution in [0, 0.1) is 0 Å². The average molecular weight is 185 g/mol. The highest BCUT2D eigenvalue weighted by Gasteiger charge is 2.05. The van der Waals surface area contributed by atoms with E-state index < -0.39 is 6.03 Å². The van der Waals surface area contributed by atoms with E-state index in [0.29, 0.717) is 11.6 Å². The fourth-order valence-corrected chi connectivity index (χ4v) is 0.773. The van der Waals surface area contributed by atoms with Crippen molar-refractivity contribution in [2.45, 2.75) is 13.3 Å². The maximum atomic E-state index is 10.9. The second-order valence-electron chi connectivity index (χ2n) is 2.29. The average Bonchev–Trinajstić information content (AvgIpc) is 2.52. The fraction of sp³-hybridized carbons (Fsp3) is 0.429. The Bertz CT molecular complexity index is 284. The predicted molar refractivity (Wildman–Crippen MR) is 45.0 cm³/mol. The molecule has 2 amide bonds. The summed E-state index contributed by atoms with van der Waals surface area (Å²) in [5, 5.41) is 6.02. The summed E-state index contributed by atoms with van der Waals surface area (Å²) in [6.07, 6.45) is 0.737. The van der Waals surface area contributed by atoms with Crippen molar-refractivity contribution in [1.29, 1.82) is 0 Å². The summed E-state index contributed by atoms with van der Waals surface area (Å²) in [5.74, 6) is 1.08. The van der Waals surface area contributed by atoms with Gasteiger partial charge in [0.1, 0.15) is 5.76 Å². The molecule has 0 fully saturated rings. The van der Waals surface area contributed by atoms with E-state index >= 15 is 0 Å². The van der Waals surface area contributed by atoms with Crippen LogP contribution in [0.4, 0.5) is 10.6 Å². The maximum absolute atomic E-state index is 10.9. The lowest BCUT2D eigenvalue weighted by atomic mass is 10.4. The first kappa shape index (κ1) is 9.53. The molecule has 0 aliphatic heterocycles. The van der Waals surface area contributed by atoms with Gasteiger partial charge in [-0.2, -0.15) is 0 Å². The van der Waals surface area contributed by atoms with Gasteiger partial charge in [-0.1, -0.05) is 12.1 Å². The summed E-state index contributed by atoms with van der Waals surface area (Å²) >= 11 is 0. The van der Waals surface area contributed by atoms with Crippen LogP contribution in [0.25, 0.3) is 0 Å². The smallest absolute Gasteiger partial charge is 0.344 e. The third kappa shape index (κ3) is 2.75. The summed E-state index contributed by atoms with van der Waals surface area (Å²) < 4.78 is 4.86. The number of hydrogen-bond donors (Lipinski definition) is 2. The summed E-state index contributed by atoms with van der Waals surface area (Å²) in [6, 6.07) is 1.16. The van der Waals surface area contributed by atoms with Crippen LogP contribution in [0.15, 0.2) is 10.6 Å². The number of carbonyl (C=O) groups excluding carboxylic acids is 1. The zero-order valence-corrected chi connectivity index (χ0v) is 7.46. The van der Waals surface area contributed by atoms with Crippen LogP contribution in [0.3, 0.4) is 0 Å². The predicted octanol–water partition coefficient (Wildman–Crippen LogP) is 0.920. The van der Waals surface area contributed by atoms with Crippen LogP contribution in [0.1, 0.15) is 12.7 Å². The number of nitrogens with zero attached hydrogens (tertiary/aromatic N) is 1. The van der Waals surface area contributed by atoms with E-state index in [0.717, 1.165) is 6.42 Å². The van der Waals surface area contributed by atoms with Gasteiger partial charge in [0.2, 0.25) is 0 Å². The summed E-state index contributed by atoms with van der Waals surface area (Å²) in [5.41, 5.74) is 2.09. The van der Waals surface area contributed by atoms with E-state index in [1.165, 1.54) is 7.11 Å². The molecule has 1 rings (SSSR count). The topological polar surface area (TPSA) is 76.4 Å². The third-order valence-electron chi connectivity index (χ3n) is 1.34. The number of hydrogen-bond acceptors (Lipinski definition) is 4. The van der Waals surface area contributed by atoms with Gasteiger partial charge in [-0.05, 0) is 0 Å². The molecule has 2 N–H and O–H groups in total. The van der Waals surface area contributed by atoms with E-state index in [1.807, 2.05) is 6.92 Å². The molecule has 6 nitrogen and oxygen atoms in total. The van der Waals surface area contributed by atoms with Crippen molar-refractivity contribution in [3.05, 3.63) is 11.8 Å². The standard InChI is InChI=1S/C7H11N3O3/c1-3-5-4-6(9-13-5)8-7(11)10-12-2/h4H,3H2,1-2H3,(H2,8,9,10,11). The molecular weight excluding hydrogens is 174 g/mol. The molecule has 0 bridgehead atoms. The van der Waals surface area contributed by atoms with Crippen molar-refractivity contribution in [2.75, 3.05) is 12.4 Å². The van der Waals surface area contributed by atoms with Gasteiger partial charge in [-0.3, -0.25) is 10.2 Å². The van der Waals surface area contributed by atoms with Crippen molar-refractivity contribution in [3.63, 3.8) is 0 Å². The molecule has 0 aliphatic rings. The minimum Gasteiger partial charge on any atom is -0.359 e. The molecular formula is C7H11N3O3. The lowest BCUT2D eigenvalue weighted by Crippen LogP contribution is -2.27. The van der Waals surface area contributed by atoms with E-state index in [4.69, 9.17) is 4.52 Å². The first-order valence-electron chi connectivity index (χ1n) is 3.81. The van der Waals surface area contributed by atoms with Crippen molar-refractivity contribution >= 4 is 11.8 Å². The highest BCUT2D eigenvalue weighted by atomic mass is 16.6. The molecule has 6 heteroatoms. The molecule has 13 heavy (non-hydrogen) atoms. The van der Waals surface area contributed by atoms with Crippen molar-refractivity contribution < 1.29 is 14.2 Å². The molecule has 1 aromatic heterocycles. The Labute approximate surface area is 75.2 Å². The summed E-state index contributed by atoms with van der Waals surface area (Å²) in [6.45, 7) is 1.93. The normalized spacial score (nSPS) is 9.69. The lowest BCUT2D eigenvalue weighted by molar-refractivity contribution is 0.114. The third-order valence-corrected chi connectivity index (χ3v) is 1.34. The van der Waals surface area contributed by atoms with Gasteiger partial charge in [-0.15, -0.1) is 0 Å². The van der Waals surface area contributed by atoms with E-state index in [1.54, 1.807) is 6.07 Å². The number of urea groups is 1. The first-order valence-corrected chi connectivity index (χ1v) is 3.81. The Morgan fingerprint density at radius 3 is 3.08 bits per heavy atom. The van der Waals surface area contributed by atoms with Crippen LogP contribution in [0.5, 0.6) is 0 Å². The minimum atomic E-state index is -0.488. The zero-order chi connectivity index (χ0) is 9.68. The Morgan fingerprint density at radius 1 is 1.77 bits per heavy atom. The monoisotopic (exact) mass is 185 g/mol. The summed E-state index contributed by atoms with van der Waals surface area (Å²) in [7, 11) is 1.35. The van der Waals surface area contributed by atoms with E-state index in [-0.39, 0.29) is 0 Å². The SMILES string of the molecule is CCc1cc(NC(=O)NOC)no1. The van der Waals surface area contributed by atoms with Crippen LogP contribution < -0.4 is 10.8 Å². The molecule has 1 heterocycles. The van der Waals surface area contributed by atoms with Gasteiger partial charge in [0, 0.05) is 12.5 Å². The van der Waals surface area contributed by atoms with Gasteiger partial charge in [0.15, 0.2) is 5.82 Å². The van der Waals surface area contributed by atoms with Gasteiger partial charge >= 0.3 is 6.03 Å². The second-order valence-corrected chi connectivity index (χ2v) is 2.29. The van der Waals surface area contributed by atoms with Gasteiger partial charge in [0.05, 0.1) is 7.11 Å². The quantitative estimate of drug-likeness (QED) is 0.686. The molecule has 0 radical (unpaired) electrons. The number of hydroxylamine groups is 1. The fourth-order valence-electron chi connectivity index (χ4n) is 0.773. The Kier molecular flexibility index (Phi) is 3.27. The van der Waals surface area contributed by atoms with E-state index in [2.05, 4.69) is 20.8 Å². The number of carbonyl (C=O) groups is 1. The number of aryl methyl sites for hydroxylation is 1. The molecule has 0 aliphatic carbocycles. The molecule has 72 valence electrons. The van der Waals surface area contributed by atoms with Crippen LogP contribution in [-0.2, 0) is 11.3 Å². The number of rotatable bonds is 3. The first-order chi connectivity index (χ1) is 6.26. The lowest BCUT2D eigenvalue weighted by Gasteiger charge is -1.99. The second kappa shape index (κ2) is 4.46. The molecule has 0 unspecified atom stereocenters. The van der Waals surface area contributed by atoms with E-state index in [9.17, 15) is 4.79 Å². The number of amides is 2. The van der Waals surface area contributed by atoms with Crippen LogP contribution in [0.2, 0.25) is 0 Å². The molecule has 0 atom stereocenters. The van der Waals surface area contributed by atoms with Crippen molar-refractivity contribution in [2.24, 2.45) is 0 Å². The highest BCUT2D eigenvalue weighted by molar-refractivity contribution is 5.87. The van der Waals surface area contributed by atoms with Crippen LogP contribution in [-0.4, -0.2) is 18.3 Å². The zero-order valence-electron chi connectivity index (χ0n) is 7.46.